The zero-order valence-electron chi connectivity index (χ0n) is 9.67. The van der Waals surface area contributed by atoms with Gasteiger partial charge in [-0.1, -0.05) is 19.3 Å². The molecule has 1 atom stereocenters. The lowest BCUT2D eigenvalue weighted by Gasteiger charge is -2.56. The van der Waals surface area contributed by atoms with Gasteiger partial charge in [-0.25, -0.2) is 0 Å². The van der Waals surface area contributed by atoms with Gasteiger partial charge in [0.25, 0.3) is 0 Å². The Kier molecular flexibility index (Phi) is 2.75. The van der Waals surface area contributed by atoms with Crippen molar-refractivity contribution in [1.82, 2.24) is 0 Å². The minimum absolute atomic E-state index is 0.132. The van der Waals surface area contributed by atoms with E-state index in [9.17, 15) is 4.79 Å². The summed E-state index contributed by atoms with van der Waals surface area (Å²) in [5, 5.41) is 0. The van der Waals surface area contributed by atoms with Crippen molar-refractivity contribution >= 4 is 5.97 Å². The third kappa shape index (κ3) is 2.33. The Morgan fingerprint density at radius 3 is 2.47 bits per heavy atom. The van der Waals surface area contributed by atoms with Gasteiger partial charge in [0.15, 0.2) is 0 Å². The maximum Gasteiger partial charge on any atom is 0.302 e. The summed E-state index contributed by atoms with van der Waals surface area (Å²) in [6.07, 6.45) is 7.32. The fourth-order valence-corrected chi connectivity index (χ4v) is 3.01. The lowest BCUT2D eigenvalue weighted by molar-refractivity contribution is -0.288. The van der Waals surface area contributed by atoms with Gasteiger partial charge in [-0.05, 0) is 19.8 Å². The zero-order valence-corrected chi connectivity index (χ0v) is 9.67. The van der Waals surface area contributed by atoms with Gasteiger partial charge in [0.2, 0.25) is 0 Å². The van der Waals surface area contributed by atoms with Crippen molar-refractivity contribution in [1.29, 1.82) is 0 Å². The molecule has 0 amide bonds. The molecular formula is C12H20O3. The Morgan fingerprint density at radius 1 is 1.33 bits per heavy atom. The minimum atomic E-state index is -0.219. The summed E-state index contributed by atoms with van der Waals surface area (Å²) in [6.45, 7) is 3.89. The maximum atomic E-state index is 10.7. The second-order valence-corrected chi connectivity index (χ2v) is 5.25. The number of carbonyl (C=O) groups excluding carboxylic acids is 1. The third-order valence-electron chi connectivity index (χ3n) is 3.50. The van der Waals surface area contributed by atoms with Gasteiger partial charge in [0.1, 0.15) is 12.2 Å². The van der Waals surface area contributed by atoms with E-state index in [1.54, 1.807) is 0 Å². The van der Waals surface area contributed by atoms with Crippen LogP contribution in [0.5, 0.6) is 0 Å². The quantitative estimate of drug-likeness (QED) is 0.659. The second-order valence-electron chi connectivity index (χ2n) is 5.25. The van der Waals surface area contributed by atoms with Crippen molar-refractivity contribution in [2.24, 2.45) is 0 Å². The van der Waals surface area contributed by atoms with Crippen molar-refractivity contribution in [3.63, 3.8) is 0 Å². The SMILES string of the molecule is CC(=O)OCC1(C)CC2(CCCCC2)O1. The van der Waals surface area contributed by atoms with E-state index in [1.807, 2.05) is 6.92 Å². The molecule has 0 aromatic carbocycles. The Morgan fingerprint density at radius 2 is 1.93 bits per heavy atom. The van der Waals surface area contributed by atoms with Crippen LogP contribution in [0.25, 0.3) is 0 Å². The molecule has 2 aliphatic rings. The topological polar surface area (TPSA) is 35.5 Å². The molecule has 0 N–H and O–H groups in total. The van der Waals surface area contributed by atoms with Gasteiger partial charge in [-0.3, -0.25) is 4.79 Å². The summed E-state index contributed by atoms with van der Waals surface area (Å²) in [5.41, 5.74) is -0.0871. The van der Waals surface area contributed by atoms with Gasteiger partial charge in [0.05, 0.1) is 5.60 Å². The maximum absolute atomic E-state index is 10.7. The van der Waals surface area contributed by atoms with E-state index in [0.717, 1.165) is 6.42 Å². The van der Waals surface area contributed by atoms with Crippen LogP contribution in [-0.2, 0) is 14.3 Å². The van der Waals surface area contributed by atoms with E-state index < -0.39 is 0 Å². The van der Waals surface area contributed by atoms with Crippen LogP contribution < -0.4 is 0 Å². The number of hydrogen-bond acceptors (Lipinski definition) is 3. The van der Waals surface area contributed by atoms with Gasteiger partial charge in [-0.15, -0.1) is 0 Å². The van der Waals surface area contributed by atoms with Crippen molar-refractivity contribution in [2.45, 2.75) is 63.6 Å². The number of hydrogen-bond donors (Lipinski definition) is 0. The van der Waals surface area contributed by atoms with E-state index in [1.165, 1.54) is 39.0 Å². The molecule has 1 heterocycles. The molecule has 2 rings (SSSR count). The van der Waals surface area contributed by atoms with Crippen LogP contribution in [0.3, 0.4) is 0 Å². The highest BCUT2D eigenvalue weighted by Gasteiger charge is 2.53. The average Bonchev–Trinajstić information content (AvgIpc) is 2.14. The van der Waals surface area contributed by atoms with E-state index >= 15 is 0 Å². The van der Waals surface area contributed by atoms with E-state index in [2.05, 4.69) is 0 Å². The lowest BCUT2D eigenvalue weighted by Crippen LogP contribution is -2.61. The molecule has 1 saturated heterocycles. The largest absolute Gasteiger partial charge is 0.463 e. The van der Waals surface area contributed by atoms with Crippen molar-refractivity contribution in [2.75, 3.05) is 6.61 Å². The second kappa shape index (κ2) is 3.78. The van der Waals surface area contributed by atoms with Crippen molar-refractivity contribution in [3.8, 4) is 0 Å². The first-order chi connectivity index (χ1) is 7.04. The smallest absolute Gasteiger partial charge is 0.302 e. The predicted molar refractivity (Wildman–Crippen MR) is 56.6 cm³/mol. The highest BCUT2D eigenvalue weighted by atomic mass is 16.6. The average molecular weight is 212 g/mol. The Hall–Kier alpha value is -0.570. The molecule has 1 unspecified atom stereocenters. The standard InChI is InChI=1S/C12H20O3/c1-10(13)14-9-11(2)8-12(15-11)6-4-3-5-7-12/h3-9H2,1-2H3. The summed E-state index contributed by atoms with van der Waals surface area (Å²) in [4.78, 5) is 10.7. The molecule has 0 aromatic rings. The molecule has 1 spiro atoms. The molecule has 2 fully saturated rings. The summed E-state index contributed by atoms with van der Waals surface area (Å²) < 4.78 is 11.0. The monoisotopic (exact) mass is 212 g/mol. The van der Waals surface area contributed by atoms with Crippen LogP contribution in [0.2, 0.25) is 0 Å². The van der Waals surface area contributed by atoms with Crippen LogP contribution in [0.4, 0.5) is 0 Å². The first-order valence-corrected chi connectivity index (χ1v) is 5.87. The van der Waals surface area contributed by atoms with Crippen molar-refractivity contribution in [3.05, 3.63) is 0 Å². The first-order valence-electron chi connectivity index (χ1n) is 5.87. The van der Waals surface area contributed by atoms with E-state index in [0.29, 0.717) is 6.61 Å². The summed E-state index contributed by atoms with van der Waals surface area (Å²) in [7, 11) is 0. The fourth-order valence-electron chi connectivity index (χ4n) is 3.01. The van der Waals surface area contributed by atoms with Gasteiger partial charge in [0, 0.05) is 13.3 Å². The van der Waals surface area contributed by atoms with Gasteiger partial charge < -0.3 is 9.47 Å². The zero-order chi connectivity index (χ0) is 10.9. The van der Waals surface area contributed by atoms with E-state index in [4.69, 9.17) is 9.47 Å². The van der Waals surface area contributed by atoms with Gasteiger partial charge in [-0.2, -0.15) is 0 Å². The molecule has 15 heavy (non-hydrogen) atoms. The third-order valence-corrected chi connectivity index (χ3v) is 3.50. The Labute approximate surface area is 91.1 Å². The predicted octanol–water partition coefficient (Wildman–Crippen LogP) is 2.43. The lowest BCUT2D eigenvalue weighted by atomic mass is 9.72. The number of ether oxygens (including phenoxy) is 2. The molecule has 3 heteroatoms. The van der Waals surface area contributed by atoms with E-state index in [-0.39, 0.29) is 17.2 Å². The molecule has 0 bridgehead atoms. The number of esters is 1. The van der Waals surface area contributed by atoms with Crippen LogP contribution in [0, 0.1) is 0 Å². The molecular weight excluding hydrogens is 192 g/mol. The van der Waals surface area contributed by atoms with Gasteiger partial charge >= 0.3 is 5.97 Å². The van der Waals surface area contributed by atoms with Crippen LogP contribution in [0.1, 0.15) is 52.4 Å². The first kappa shape index (κ1) is 10.9. The van der Waals surface area contributed by atoms with Crippen LogP contribution >= 0.6 is 0 Å². The van der Waals surface area contributed by atoms with Crippen molar-refractivity contribution < 1.29 is 14.3 Å². The molecule has 1 aliphatic heterocycles. The van der Waals surface area contributed by atoms with Crippen LogP contribution in [0.15, 0.2) is 0 Å². The summed E-state index contributed by atoms with van der Waals surface area (Å²) >= 11 is 0. The Bertz CT molecular complexity index is 246. The molecule has 1 aliphatic carbocycles. The van der Waals surface area contributed by atoms with Crippen LogP contribution in [-0.4, -0.2) is 23.8 Å². The molecule has 0 aromatic heterocycles. The molecule has 0 radical (unpaired) electrons. The normalized spacial score (nSPS) is 33.5. The number of carbonyl (C=O) groups is 1. The highest BCUT2D eigenvalue weighted by molar-refractivity contribution is 5.65. The fraction of sp³-hybridized carbons (Fsp3) is 0.917. The Balaban J connectivity index is 1.81. The highest BCUT2D eigenvalue weighted by Crippen LogP contribution is 2.49. The number of rotatable bonds is 2. The molecule has 1 saturated carbocycles. The molecule has 86 valence electrons. The molecule has 3 nitrogen and oxygen atoms in total. The summed E-state index contributed by atoms with van der Waals surface area (Å²) in [6, 6.07) is 0. The summed E-state index contributed by atoms with van der Waals surface area (Å²) in [5.74, 6) is -0.218. The minimum Gasteiger partial charge on any atom is -0.463 e.